The Labute approximate surface area is 153 Å². The molecule has 0 aliphatic heterocycles. The minimum absolute atomic E-state index is 0.0282. The Kier molecular flexibility index (Phi) is 6.04. The minimum Gasteiger partial charge on any atom is -0.486 e. The Hall–Kier alpha value is -1.92. The summed E-state index contributed by atoms with van der Waals surface area (Å²) in [6.07, 6.45) is 2.90. The summed E-state index contributed by atoms with van der Waals surface area (Å²) in [6, 6.07) is 8.68. The van der Waals surface area contributed by atoms with Gasteiger partial charge in [-0.2, -0.15) is 0 Å². The summed E-state index contributed by atoms with van der Waals surface area (Å²) in [6.45, 7) is 4.08. The highest BCUT2D eigenvalue weighted by molar-refractivity contribution is 7.09. The van der Waals surface area contributed by atoms with E-state index in [4.69, 9.17) is 4.74 Å². The Bertz CT molecular complexity index is 695. The maximum Gasteiger partial charge on any atom is 0.226 e. The van der Waals surface area contributed by atoms with Gasteiger partial charge in [-0.05, 0) is 38.9 Å². The second kappa shape index (κ2) is 8.45. The molecule has 0 atom stereocenters. The molecule has 1 aromatic heterocycles. The van der Waals surface area contributed by atoms with Crippen LogP contribution in [0.1, 0.15) is 29.1 Å². The average Bonchev–Trinajstić information content (AvgIpc) is 3.36. The Balaban J connectivity index is 1.38. The van der Waals surface area contributed by atoms with Gasteiger partial charge < -0.3 is 15.0 Å². The van der Waals surface area contributed by atoms with E-state index in [1.807, 2.05) is 36.6 Å². The minimum atomic E-state index is 0.0282. The number of nitrogens with one attached hydrogen (secondary N) is 1. The number of carbonyl (C=O) groups is 1. The van der Waals surface area contributed by atoms with Crippen molar-refractivity contribution in [2.75, 3.05) is 20.1 Å². The number of likely N-dealkylation sites (N-methyl/N-ethyl adjacent to an activating group) is 1. The molecule has 0 saturated heterocycles. The normalized spacial score (nSPS) is 13.9. The van der Waals surface area contributed by atoms with E-state index in [0.717, 1.165) is 29.0 Å². The van der Waals surface area contributed by atoms with Crippen LogP contribution in [0.3, 0.4) is 0 Å². The van der Waals surface area contributed by atoms with Gasteiger partial charge >= 0.3 is 0 Å². The number of nitrogens with zero attached hydrogens (tertiary/aromatic N) is 2. The maximum atomic E-state index is 12.0. The predicted octanol–water partition coefficient (Wildman–Crippen LogP) is 2.78. The molecule has 1 aromatic carbocycles. The second-order valence-electron chi connectivity index (χ2n) is 6.57. The van der Waals surface area contributed by atoms with Crippen LogP contribution in [-0.2, 0) is 17.8 Å². The number of benzene rings is 1. The molecule has 25 heavy (non-hydrogen) atoms. The average molecular weight is 359 g/mol. The van der Waals surface area contributed by atoms with Crippen LogP contribution in [0.5, 0.6) is 5.75 Å². The predicted molar refractivity (Wildman–Crippen MR) is 100.0 cm³/mol. The number of aryl methyl sites for hydroxylation is 1. The molecule has 3 rings (SSSR count). The zero-order chi connectivity index (χ0) is 17.6. The molecule has 1 aliphatic rings. The number of thiazole rings is 1. The van der Waals surface area contributed by atoms with Crippen molar-refractivity contribution in [3.05, 3.63) is 45.9 Å². The van der Waals surface area contributed by atoms with E-state index in [0.29, 0.717) is 19.6 Å². The van der Waals surface area contributed by atoms with Crippen LogP contribution < -0.4 is 10.1 Å². The fourth-order valence-corrected chi connectivity index (χ4v) is 3.28. The first kappa shape index (κ1) is 17.9. The molecule has 0 bridgehead atoms. The van der Waals surface area contributed by atoms with E-state index in [-0.39, 0.29) is 5.91 Å². The molecule has 1 N–H and O–H groups in total. The number of rotatable bonds is 9. The molecule has 1 saturated carbocycles. The van der Waals surface area contributed by atoms with Crippen LogP contribution in [0.2, 0.25) is 0 Å². The fraction of sp³-hybridized carbons (Fsp3) is 0.474. The third kappa shape index (κ3) is 5.83. The molecule has 0 unspecified atom stereocenters. The number of aromatic nitrogens is 1. The number of ether oxygens (including phenoxy) is 1. The van der Waals surface area contributed by atoms with Crippen LogP contribution in [-0.4, -0.2) is 42.0 Å². The molecule has 2 aromatic rings. The molecule has 1 aliphatic carbocycles. The SMILES string of the molecule is Cc1ccc(OCc2nc(CC(=O)NCCN(C)C3CC3)cs2)cc1. The lowest BCUT2D eigenvalue weighted by Gasteiger charge is -2.15. The Morgan fingerprint density at radius 1 is 1.36 bits per heavy atom. The molecule has 5 nitrogen and oxygen atoms in total. The van der Waals surface area contributed by atoms with E-state index >= 15 is 0 Å². The van der Waals surface area contributed by atoms with Gasteiger partial charge in [0.1, 0.15) is 17.4 Å². The number of carbonyl (C=O) groups excluding carboxylic acids is 1. The van der Waals surface area contributed by atoms with E-state index in [2.05, 4.69) is 22.2 Å². The van der Waals surface area contributed by atoms with Crippen LogP contribution in [0.15, 0.2) is 29.6 Å². The van der Waals surface area contributed by atoms with Crippen LogP contribution >= 0.6 is 11.3 Å². The number of hydrogen-bond donors (Lipinski definition) is 1. The summed E-state index contributed by atoms with van der Waals surface area (Å²) in [5.74, 6) is 0.861. The molecular weight excluding hydrogens is 334 g/mol. The smallest absolute Gasteiger partial charge is 0.226 e. The van der Waals surface area contributed by atoms with Crippen molar-refractivity contribution < 1.29 is 9.53 Å². The largest absolute Gasteiger partial charge is 0.486 e. The van der Waals surface area contributed by atoms with Crippen molar-refractivity contribution in [2.45, 2.75) is 38.8 Å². The van der Waals surface area contributed by atoms with Gasteiger partial charge in [0.15, 0.2) is 0 Å². The van der Waals surface area contributed by atoms with E-state index in [1.54, 1.807) is 0 Å². The molecule has 1 heterocycles. The molecule has 134 valence electrons. The lowest BCUT2D eigenvalue weighted by Crippen LogP contribution is -2.34. The molecule has 1 amide bonds. The van der Waals surface area contributed by atoms with Gasteiger partial charge in [-0.3, -0.25) is 4.79 Å². The zero-order valence-corrected chi connectivity index (χ0v) is 15.6. The third-order valence-electron chi connectivity index (χ3n) is 4.28. The lowest BCUT2D eigenvalue weighted by molar-refractivity contribution is -0.120. The summed E-state index contributed by atoms with van der Waals surface area (Å²) >= 11 is 1.53. The topological polar surface area (TPSA) is 54.5 Å². The zero-order valence-electron chi connectivity index (χ0n) is 14.8. The highest BCUT2D eigenvalue weighted by Crippen LogP contribution is 2.24. The van der Waals surface area contributed by atoms with Crippen molar-refractivity contribution in [2.24, 2.45) is 0 Å². The molecule has 0 radical (unpaired) electrons. The summed E-state index contributed by atoms with van der Waals surface area (Å²) in [5.41, 5.74) is 2.01. The number of hydrogen-bond acceptors (Lipinski definition) is 5. The standard InChI is InChI=1S/C19H25N3O2S/c1-14-3-7-17(8-4-14)24-12-19-21-15(13-25-19)11-18(23)20-9-10-22(2)16-5-6-16/h3-4,7-8,13,16H,5-6,9-12H2,1-2H3,(H,20,23). The fourth-order valence-electron chi connectivity index (χ4n) is 2.57. The van der Waals surface area contributed by atoms with Gasteiger partial charge in [-0.1, -0.05) is 17.7 Å². The van der Waals surface area contributed by atoms with Gasteiger partial charge in [0.05, 0.1) is 12.1 Å². The van der Waals surface area contributed by atoms with Gasteiger partial charge in [0.2, 0.25) is 5.91 Å². The van der Waals surface area contributed by atoms with Crippen LogP contribution in [0.25, 0.3) is 0 Å². The highest BCUT2D eigenvalue weighted by atomic mass is 32.1. The first-order valence-corrected chi connectivity index (χ1v) is 9.58. The highest BCUT2D eigenvalue weighted by Gasteiger charge is 2.25. The Morgan fingerprint density at radius 2 is 2.12 bits per heavy atom. The van der Waals surface area contributed by atoms with Crippen molar-refractivity contribution in [1.82, 2.24) is 15.2 Å². The van der Waals surface area contributed by atoms with Crippen molar-refractivity contribution in [3.63, 3.8) is 0 Å². The van der Waals surface area contributed by atoms with Gasteiger partial charge in [-0.15, -0.1) is 11.3 Å². The van der Waals surface area contributed by atoms with Crippen molar-refractivity contribution >= 4 is 17.2 Å². The van der Waals surface area contributed by atoms with Crippen molar-refractivity contribution in [1.29, 1.82) is 0 Å². The summed E-state index contributed by atoms with van der Waals surface area (Å²) in [4.78, 5) is 18.8. The van der Waals surface area contributed by atoms with Gasteiger partial charge in [-0.25, -0.2) is 4.98 Å². The third-order valence-corrected chi connectivity index (χ3v) is 5.15. The molecule has 0 spiro atoms. The molecule has 1 fully saturated rings. The maximum absolute atomic E-state index is 12.0. The molecule has 6 heteroatoms. The van der Waals surface area contributed by atoms with Crippen LogP contribution in [0, 0.1) is 6.92 Å². The monoisotopic (exact) mass is 359 g/mol. The first-order valence-electron chi connectivity index (χ1n) is 8.70. The summed E-state index contributed by atoms with van der Waals surface area (Å²) in [7, 11) is 2.12. The summed E-state index contributed by atoms with van der Waals surface area (Å²) in [5, 5.41) is 5.79. The van der Waals surface area contributed by atoms with E-state index in [1.165, 1.54) is 29.7 Å². The Morgan fingerprint density at radius 3 is 2.84 bits per heavy atom. The van der Waals surface area contributed by atoms with Crippen LogP contribution in [0.4, 0.5) is 0 Å². The quantitative estimate of drug-likeness (QED) is 0.748. The second-order valence-corrected chi connectivity index (χ2v) is 7.52. The van der Waals surface area contributed by atoms with E-state index in [9.17, 15) is 4.79 Å². The van der Waals surface area contributed by atoms with E-state index < -0.39 is 0 Å². The van der Waals surface area contributed by atoms with Gasteiger partial charge in [0, 0.05) is 24.5 Å². The number of amides is 1. The lowest BCUT2D eigenvalue weighted by atomic mass is 10.2. The van der Waals surface area contributed by atoms with Crippen molar-refractivity contribution in [3.8, 4) is 5.75 Å². The van der Waals surface area contributed by atoms with Gasteiger partial charge in [0.25, 0.3) is 0 Å². The first-order chi connectivity index (χ1) is 12.1. The molecular formula is C19H25N3O2S. The summed E-state index contributed by atoms with van der Waals surface area (Å²) < 4.78 is 5.73.